The lowest BCUT2D eigenvalue weighted by atomic mass is 10.1. The number of ether oxygens (including phenoxy) is 1. The summed E-state index contributed by atoms with van der Waals surface area (Å²) in [5.74, 6) is 1.78. The first-order valence-corrected chi connectivity index (χ1v) is 11.8. The fourth-order valence-electron chi connectivity index (χ4n) is 4.00. The Bertz CT molecular complexity index is 843. The molecule has 0 radical (unpaired) electrons. The molecule has 0 unspecified atom stereocenters. The molecule has 1 aliphatic rings. The van der Waals surface area contributed by atoms with Crippen molar-refractivity contribution in [2.24, 2.45) is 4.99 Å². The Balaban J connectivity index is 0.00000385. The minimum atomic E-state index is 0. The minimum Gasteiger partial charge on any atom is -0.496 e. The van der Waals surface area contributed by atoms with E-state index in [1.807, 2.05) is 18.2 Å². The molecule has 2 aromatic rings. The molecule has 1 saturated heterocycles. The Morgan fingerprint density at radius 3 is 2.48 bits per heavy atom. The summed E-state index contributed by atoms with van der Waals surface area (Å²) >= 11 is 0. The highest BCUT2D eigenvalue weighted by molar-refractivity contribution is 14.0. The zero-order valence-corrected chi connectivity index (χ0v) is 22.7. The molecular weight excluding hydrogens is 525 g/mol. The summed E-state index contributed by atoms with van der Waals surface area (Å²) in [6.07, 6.45) is 2.13. The van der Waals surface area contributed by atoms with Crippen molar-refractivity contribution in [2.45, 2.75) is 32.9 Å². The Kier molecular flexibility index (Phi) is 12.6. The summed E-state index contributed by atoms with van der Waals surface area (Å²) in [6, 6.07) is 17.1. The van der Waals surface area contributed by atoms with E-state index in [-0.39, 0.29) is 24.0 Å². The molecule has 0 atom stereocenters. The van der Waals surface area contributed by atoms with Crippen molar-refractivity contribution < 1.29 is 4.74 Å². The van der Waals surface area contributed by atoms with Crippen LogP contribution in [0, 0.1) is 0 Å². The first-order valence-electron chi connectivity index (χ1n) is 11.8. The molecule has 0 aliphatic carbocycles. The van der Waals surface area contributed by atoms with E-state index < -0.39 is 0 Å². The van der Waals surface area contributed by atoms with Gasteiger partial charge in [-0.1, -0.05) is 42.5 Å². The molecule has 182 valence electrons. The standard InChI is InChI=1S/C26H39N5O.HI/c1-4-27-26(28-15-14-24-8-5-6-9-25(24)32-3)29-20-22-10-12-23(13-11-22)21-31-17-7-16-30(2)18-19-31;/h5-6,8-13H,4,7,14-21H2,1-3H3,(H2,27,28,29);1H. The van der Waals surface area contributed by atoms with Gasteiger partial charge in [0.05, 0.1) is 13.7 Å². The average Bonchev–Trinajstić information content (AvgIpc) is 3.02. The maximum Gasteiger partial charge on any atom is 0.191 e. The fourth-order valence-corrected chi connectivity index (χ4v) is 4.00. The van der Waals surface area contributed by atoms with E-state index in [1.54, 1.807) is 7.11 Å². The highest BCUT2D eigenvalue weighted by Crippen LogP contribution is 2.17. The minimum absolute atomic E-state index is 0. The molecule has 0 saturated carbocycles. The number of guanidine groups is 1. The number of para-hydroxylation sites is 1. The molecule has 3 rings (SSSR count). The summed E-state index contributed by atoms with van der Waals surface area (Å²) in [5.41, 5.74) is 3.81. The fraction of sp³-hybridized carbons (Fsp3) is 0.500. The number of benzene rings is 2. The lowest BCUT2D eigenvalue weighted by Crippen LogP contribution is -2.38. The van der Waals surface area contributed by atoms with E-state index in [2.05, 4.69) is 64.7 Å². The molecule has 0 spiro atoms. The molecule has 0 bridgehead atoms. The van der Waals surface area contributed by atoms with Gasteiger partial charge in [-0.3, -0.25) is 4.90 Å². The van der Waals surface area contributed by atoms with Crippen LogP contribution in [0.25, 0.3) is 0 Å². The van der Waals surface area contributed by atoms with Crippen molar-refractivity contribution >= 4 is 29.9 Å². The van der Waals surface area contributed by atoms with Crippen molar-refractivity contribution in [1.29, 1.82) is 0 Å². The van der Waals surface area contributed by atoms with E-state index in [4.69, 9.17) is 9.73 Å². The van der Waals surface area contributed by atoms with Crippen LogP contribution < -0.4 is 15.4 Å². The second kappa shape index (κ2) is 15.1. The molecule has 7 heteroatoms. The van der Waals surface area contributed by atoms with Crippen LogP contribution in [-0.2, 0) is 19.5 Å². The van der Waals surface area contributed by atoms with Crippen LogP contribution >= 0.6 is 24.0 Å². The van der Waals surface area contributed by atoms with Crippen LogP contribution in [0.5, 0.6) is 5.75 Å². The third-order valence-electron chi connectivity index (χ3n) is 5.88. The van der Waals surface area contributed by atoms with Crippen LogP contribution in [0.15, 0.2) is 53.5 Å². The second-order valence-corrected chi connectivity index (χ2v) is 8.43. The Labute approximate surface area is 216 Å². The normalized spacial score (nSPS) is 15.4. The van der Waals surface area contributed by atoms with Gasteiger partial charge in [0.15, 0.2) is 5.96 Å². The summed E-state index contributed by atoms with van der Waals surface area (Å²) < 4.78 is 5.45. The molecule has 1 heterocycles. The predicted octanol–water partition coefficient (Wildman–Crippen LogP) is 3.75. The lowest BCUT2D eigenvalue weighted by molar-refractivity contribution is 0.269. The van der Waals surface area contributed by atoms with Gasteiger partial charge in [0.1, 0.15) is 5.75 Å². The Morgan fingerprint density at radius 2 is 1.73 bits per heavy atom. The number of nitrogens with one attached hydrogen (secondary N) is 2. The van der Waals surface area contributed by atoms with E-state index >= 15 is 0 Å². The molecule has 1 fully saturated rings. The van der Waals surface area contributed by atoms with E-state index in [1.165, 1.54) is 36.2 Å². The number of rotatable bonds is 9. The largest absolute Gasteiger partial charge is 0.496 e. The van der Waals surface area contributed by atoms with Crippen LogP contribution in [0.4, 0.5) is 0 Å². The van der Waals surface area contributed by atoms with Gasteiger partial charge in [-0.05, 0) is 62.7 Å². The lowest BCUT2D eigenvalue weighted by Gasteiger charge is -2.20. The number of nitrogens with zero attached hydrogens (tertiary/aromatic N) is 3. The molecule has 2 aromatic carbocycles. The summed E-state index contributed by atoms with van der Waals surface area (Å²) in [4.78, 5) is 9.76. The zero-order chi connectivity index (χ0) is 22.6. The van der Waals surface area contributed by atoms with Crippen LogP contribution in [0.2, 0.25) is 0 Å². The SMILES string of the molecule is CCNC(=NCc1ccc(CN2CCCN(C)CC2)cc1)NCCc1ccccc1OC.I. The Hall–Kier alpha value is -1.84. The third-order valence-corrected chi connectivity index (χ3v) is 5.88. The first-order chi connectivity index (χ1) is 15.7. The number of halogens is 1. The van der Waals surface area contributed by atoms with Gasteiger partial charge in [-0.2, -0.15) is 0 Å². The molecule has 0 aromatic heterocycles. The second-order valence-electron chi connectivity index (χ2n) is 8.43. The first kappa shape index (κ1) is 27.4. The van der Waals surface area contributed by atoms with Gasteiger partial charge in [0.25, 0.3) is 0 Å². The summed E-state index contributed by atoms with van der Waals surface area (Å²) in [6.45, 7) is 10.1. The molecule has 2 N–H and O–H groups in total. The van der Waals surface area contributed by atoms with Gasteiger partial charge in [-0.15, -0.1) is 24.0 Å². The number of likely N-dealkylation sites (N-methyl/N-ethyl adjacent to an activating group) is 1. The third kappa shape index (κ3) is 9.51. The molecule has 33 heavy (non-hydrogen) atoms. The van der Waals surface area contributed by atoms with Gasteiger partial charge in [0, 0.05) is 32.7 Å². The van der Waals surface area contributed by atoms with Gasteiger partial charge in [0.2, 0.25) is 0 Å². The number of hydrogen-bond acceptors (Lipinski definition) is 4. The maximum atomic E-state index is 5.45. The predicted molar refractivity (Wildman–Crippen MR) is 149 cm³/mol. The van der Waals surface area contributed by atoms with Gasteiger partial charge >= 0.3 is 0 Å². The van der Waals surface area contributed by atoms with Gasteiger partial charge in [-0.25, -0.2) is 4.99 Å². The van der Waals surface area contributed by atoms with Crippen LogP contribution in [0.3, 0.4) is 0 Å². The quantitative estimate of drug-likeness (QED) is 0.276. The molecule has 6 nitrogen and oxygen atoms in total. The Morgan fingerprint density at radius 1 is 0.970 bits per heavy atom. The van der Waals surface area contributed by atoms with E-state index in [9.17, 15) is 0 Å². The van der Waals surface area contributed by atoms with Crippen molar-refractivity contribution in [1.82, 2.24) is 20.4 Å². The number of hydrogen-bond donors (Lipinski definition) is 2. The molecule has 0 amide bonds. The zero-order valence-electron chi connectivity index (χ0n) is 20.3. The highest BCUT2D eigenvalue weighted by Gasteiger charge is 2.12. The molecule has 1 aliphatic heterocycles. The van der Waals surface area contributed by atoms with Crippen molar-refractivity contribution in [3.05, 3.63) is 65.2 Å². The average molecular weight is 566 g/mol. The molecular formula is C26H40IN5O. The van der Waals surface area contributed by atoms with Crippen molar-refractivity contribution in [2.75, 3.05) is 53.4 Å². The maximum absolute atomic E-state index is 5.45. The topological polar surface area (TPSA) is 52.1 Å². The van der Waals surface area contributed by atoms with E-state index in [0.717, 1.165) is 50.9 Å². The monoisotopic (exact) mass is 565 g/mol. The van der Waals surface area contributed by atoms with Gasteiger partial charge < -0.3 is 20.3 Å². The number of methoxy groups -OCH3 is 1. The van der Waals surface area contributed by atoms with E-state index in [0.29, 0.717) is 6.54 Å². The van der Waals surface area contributed by atoms with Crippen LogP contribution in [-0.4, -0.2) is 69.2 Å². The summed E-state index contributed by atoms with van der Waals surface area (Å²) in [5, 5.41) is 6.78. The number of aliphatic imine (C=N–C) groups is 1. The smallest absolute Gasteiger partial charge is 0.191 e. The van der Waals surface area contributed by atoms with Crippen molar-refractivity contribution in [3.8, 4) is 5.75 Å². The highest BCUT2D eigenvalue weighted by atomic mass is 127. The van der Waals surface area contributed by atoms with Crippen molar-refractivity contribution in [3.63, 3.8) is 0 Å². The van der Waals surface area contributed by atoms with Crippen LogP contribution in [0.1, 0.15) is 30.0 Å². The summed E-state index contributed by atoms with van der Waals surface area (Å²) in [7, 11) is 3.93.